The number of aromatic nitrogens is 2. The first-order chi connectivity index (χ1) is 14.0. The molecule has 0 aliphatic carbocycles. The molecule has 0 aliphatic rings. The first-order valence-electron chi connectivity index (χ1n) is 8.78. The highest BCUT2D eigenvalue weighted by molar-refractivity contribution is 5.93. The summed E-state index contributed by atoms with van der Waals surface area (Å²) in [5.74, 6) is -0.262. The van der Waals surface area contributed by atoms with Crippen LogP contribution < -0.4 is 14.9 Å². The Morgan fingerprint density at radius 2 is 1.83 bits per heavy atom. The number of ether oxygens (including phenoxy) is 2. The van der Waals surface area contributed by atoms with Crippen molar-refractivity contribution in [3.05, 3.63) is 76.6 Å². The number of nitrogens with one attached hydrogen (secondary N) is 2. The van der Waals surface area contributed by atoms with Gasteiger partial charge in [0.25, 0.3) is 5.91 Å². The third-order valence-corrected chi connectivity index (χ3v) is 4.00. The van der Waals surface area contributed by atoms with E-state index in [1.807, 2.05) is 19.1 Å². The van der Waals surface area contributed by atoms with Crippen molar-refractivity contribution in [3.63, 3.8) is 0 Å². The molecule has 0 bridgehead atoms. The van der Waals surface area contributed by atoms with Gasteiger partial charge in [0.1, 0.15) is 0 Å². The Morgan fingerprint density at radius 3 is 2.48 bits per heavy atom. The summed E-state index contributed by atoms with van der Waals surface area (Å²) in [6.45, 7) is 3.74. The smallest absolute Gasteiger partial charge is 0.343 e. The number of methoxy groups -OCH3 is 1. The molecule has 0 fully saturated rings. The number of hydrogen-bond acceptors (Lipinski definition) is 6. The maximum absolute atomic E-state index is 12.3. The summed E-state index contributed by atoms with van der Waals surface area (Å²) in [5, 5.41) is 10.5. The average Bonchev–Trinajstić information content (AvgIpc) is 3.15. The van der Waals surface area contributed by atoms with Crippen LogP contribution in [0.25, 0.3) is 0 Å². The number of H-pyrrole nitrogens is 1. The van der Waals surface area contributed by atoms with E-state index in [0.29, 0.717) is 16.9 Å². The van der Waals surface area contributed by atoms with E-state index in [4.69, 9.17) is 9.47 Å². The van der Waals surface area contributed by atoms with Gasteiger partial charge in [-0.2, -0.15) is 10.2 Å². The second kappa shape index (κ2) is 8.83. The van der Waals surface area contributed by atoms with Crippen LogP contribution in [0.4, 0.5) is 0 Å². The minimum atomic E-state index is -0.480. The molecule has 0 radical (unpaired) electrons. The van der Waals surface area contributed by atoms with Gasteiger partial charge in [0, 0.05) is 5.69 Å². The topological polar surface area (TPSA) is 106 Å². The number of aromatic amines is 1. The van der Waals surface area contributed by atoms with Crippen LogP contribution in [0.5, 0.6) is 11.5 Å². The molecule has 8 heteroatoms. The summed E-state index contributed by atoms with van der Waals surface area (Å²) < 4.78 is 10.7. The van der Waals surface area contributed by atoms with Gasteiger partial charge in [-0.1, -0.05) is 17.7 Å². The average molecular weight is 392 g/mol. The molecule has 3 rings (SSSR count). The normalized spacial score (nSPS) is 10.7. The van der Waals surface area contributed by atoms with Crippen molar-refractivity contribution in [2.45, 2.75) is 13.8 Å². The van der Waals surface area contributed by atoms with Gasteiger partial charge in [0.15, 0.2) is 17.2 Å². The zero-order valence-corrected chi connectivity index (χ0v) is 16.2. The minimum absolute atomic E-state index is 0.246. The van der Waals surface area contributed by atoms with Gasteiger partial charge >= 0.3 is 5.97 Å². The summed E-state index contributed by atoms with van der Waals surface area (Å²) in [4.78, 5) is 24.2. The van der Waals surface area contributed by atoms with Crippen LogP contribution in [0, 0.1) is 13.8 Å². The highest BCUT2D eigenvalue weighted by atomic mass is 16.6. The van der Waals surface area contributed by atoms with Crippen molar-refractivity contribution in [1.82, 2.24) is 15.6 Å². The molecular formula is C21H20N4O4. The third-order valence-electron chi connectivity index (χ3n) is 4.00. The fourth-order valence-electron chi connectivity index (χ4n) is 2.45. The van der Waals surface area contributed by atoms with Crippen molar-refractivity contribution >= 4 is 18.1 Å². The van der Waals surface area contributed by atoms with Gasteiger partial charge in [0.05, 0.1) is 18.9 Å². The van der Waals surface area contributed by atoms with E-state index in [2.05, 4.69) is 20.7 Å². The van der Waals surface area contributed by atoms with Crippen LogP contribution >= 0.6 is 0 Å². The highest BCUT2D eigenvalue weighted by Gasteiger charge is 2.13. The number of hydrazone groups is 1. The number of rotatable bonds is 6. The van der Waals surface area contributed by atoms with Gasteiger partial charge in [0.2, 0.25) is 0 Å². The molecule has 0 saturated heterocycles. The summed E-state index contributed by atoms with van der Waals surface area (Å²) in [6.07, 6.45) is 1.45. The molecule has 1 aromatic heterocycles. The van der Waals surface area contributed by atoms with E-state index in [9.17, 15) is 9.59 Å². The van der Waals surface area contributed by atoms with E-state index in [1.165, 1.54) is 13.3 Å². The lowest BCUT2D eigenvalue weighted by Gasteiger charge is -2.10. The Hall–Kier alpha value is -3.94. The summed E-state index contributed by atoms with van der Waals surface area (Å²) >= 11 is 0. The number of hydrogen-bond donors (Lipinski definition) is 2. The van der Waals surface area contributed by atoms with Crippen LogP contribution in [0.15, 0.2) is 53.6 Å². The van der Waals surface area contributed by atoms with E-state index >= 15 is 0 Å². The van der Waals surface area contributed by atoms with Crippen molar-refractivity contribution < 1.29 is 19.1 Å². The van der Waals surface area contributed by atoms with Crippen LogP contribution in [0.3, 0.4) is 0 Å². The Kier molecular flexibility index (Phi) is 6.03. The van der Waals surface area contributed by atoms with Gasteiger partial charge in [-0.25, -0.2) is 10.2 Å². The summed E-state index contributed by atoms with van der Waals surface area (Å²) in [7, 11) is 1.47. The number of aryl methyl sites for hydroxylation is 2. The molecule has 3 aromatic rings. The quantitative estimate of drug-likeness (QED) is 0.290. The van der Waals surface area contributed by atoms with Gasteiger partial charge in [-0.05, 0) is 55.8 Å². The van der Waals surface area contributed by atoms with E-state index in [0.717, 1.165) is 11.3 Å². The number of nitrogens with zero attached hydrogens (tertiary/aromatic N) is 2. The Balaban J connectivity index is 1.67. The van der Waals surface area contributed by atoms with Gasteiger partial charge in [-0.3, -0.25) is 9.89 Å². The highest BCUT2D eigenvalue weighted by Crippen LogP contribution is 2.28. The molecule has 1 heterocycles. The summed E-state index contributed by atoms with van der Waals surface area (Å²) in [5.41, 5.74) is 5.56. The molecule has 8 nitrogen and oxygen atoms in total. The molecule has 29 heavy (non-hydrogen) atoms. The fraction of sp³-hybridized carbons (Fsp3) is 0.143. The Bertz CT molecular complexity index is 1050. The number of esters is 1. The first-order valence-corrected chi connectivity index (χ1v) is 8.78. The van der Waals surface area contributed by atoms with E-state index < -0.39 is 11.9 Å². The molecule has 2 N–H and O–H groups in total. The zero-order valence-electron chi connectivity index (χ0n) is 16.2. The largest absolute Gasteiger partial charge is 0.493 e. The van der Waals surface area contributed by atoms with Crippen LogP contribution in [0.1, 0.15) is 37.7 Å². The molecule has 0 unspecified atom stereocenters. The molecule has 2 aromatic carbocycles. The second-order valence-corrected chi connectivity index (χ2v) is 6.30. The van der Waals surface area contributed by atoms with Crippen LogP contribution in [-0.4, -0.2) is 35.4 Å². The van der Waals surface area contributed by atoms with Gasteiger partial charge in [-0.15, -0.1) is 0 Å². The van der Waals surface area contributed by atoms with Crippen molar-refractivity contribution in [2.75, 3.05) is 7.11 Å². The molecule has 0 atom stereocenters. The summed E-state index contributed by atoms with van der Waals surface area (Å²) in [6, 6.07) is 13.6. The first kappa shape index (κ1) is 19.8. The second-order valence-electron chi connectivity index (χ2n) is 6.30. The molecule has 0 saturated carbocycles. The molecular weight excluding hydrogens is 372 g/mol. The lowest BCUT2D eigenvalue weighted by molar-refractivity contribution is 0.0729. The maximum Gasteiger partial charge on any atom is 0.343 e. The van der Waals surface area contributed by atoms with Gasteiger partial charge < -0.3 is 9.47 Å². The lowest BCUT2D eigenvalue weighted by Crippen LogP contribution is -2.18. The Labute approximate surface area is 167 Å². The van der Waals surface area contributed by atoms with Crippen LogP contribution in [0.2, 0.25) is 0 Å². The molecule has 148 valence electrons. The lowest BCUT2D eigenvalue weighted by atomic mass is 10.1. The Morgan fingerprint density at radius 1 is 1.07 bits per heavy atom. The molecule has 0 spiro atoms. The SMILES string of the molecule is COc1cc(C=NNC(=O)c2cc(C)[nH]n2)ccc1OC(=O)c1ccc(C)cc1. The van der Waals surface area contributed by atoms with Crippen LogP contribution in [-0.2, 0) is 0 Å². The maximum atomic E-state index is 12.3. The van der Waals surface area contributed by atoms with Crippen molar-refractivity contribution in [1.29, 1.82) is 0 Å². The van der Waals surface area contributed by atoms with E-state index in [-0.39, 0.29) is 11.4 Å². The third kappa shape index (κ3) is 5.07. The number of benzene rings is 2. The fourth-order valence-corrected chi connectivity index (χ4v) is 2.45. The van der Waals surface area contributed by atoms with Crippen molar-refractivity contribution in [2.24, 2.45) is 5.10 Å². The predicted octanol–water partition coefficient (Wildman–Crippen LogP) is 3.02. The zero-order chi connectivity index (χ0) is 20.8. The molecule has 1 amide bonds. The van der Waals surface area contributed by atoms with E-state index in [1.54, 1.807) is 43.3 Å². The van der Waals surface area contributed by atoms with Crippen molar-refractivity contribution in [3.8, 4) is 11.5 Å². The predicted molar refractivity (Wildman–Crippen MR) is 108 cm³/mol. The molecule has 0 aliphatic heterocycles. The standard InChI is InChI=1S/C21H20N4O4/c1-13-4-7-16(8-5-13)21(27)29-18-9-6-15(11-19(18)28-3)12-22-25-20(26)17-10-14(2)23-24-17/h4-12H,1-3H3,(H,23,24)(H,25,26). The number of carbonyl (C=O) groups is 2. The monoisotopic (exact) mass is 392 g/mol. The minimum Gasteiger partial charge on any atom is -0.493 e. The number of carbonyl (C=O) groups excluding carboxylic acids is 2. The number of amides is 1.